The molecule has 0 aromatic heterocycles. The van der Waals surface area contributed by atoms with Gasteiger partial charge in [0.25, 0.3) is 0 Å². The van der Waals surface area contributed by atoms with E-state index in [1.165, 1.54) is 18.4 Å². The Morgan fingerprint density at radius 1 is 1.13 bits per heavy atom. The molecule has 2 aliphatic carbocycles. The summed E-state index contributed by atoms with van der Waals surface area (Å²) in [5, 5.41) is 1.66. The van der Waals surface area contributed by atoms with Crippen molar-refractivity contribution in [2.45, 2.75) is 50.3 Å². The van der Waals surface area contributed by atoms with E-state index in [2.05, 4.69) is 74.5 Å². The Kier molecular flexibility index (Phi) is 6.56. The van der Waals surface area contributed by atoms with Crippen LogP contribution in [-0.2, 0) is 39.1 Å². The van der Waals surface area contributed by atoms with Crippen LogP contribution in [0.25, 0.3) is 0 Å². The van der Waals surface area contributed by atoms with Crippen LogP contribution in [0, 0.1) is 0 Å². The standard InChI is InChI=1S/C9H13.C6H7Si.C4H8N.2Ti/c1-6-5-7(2)9(4)8(6)3;7-6-4-2-1-3-5-6;1-5-4-2-3-4;;/h5H,1-4H3;1-5H,7H2;4H,2-3H2,1H3;;/q;;-1;;+1. The van der Waals surface area contributed by atoms with Crippen molar-refractivity contribution in [3.05, 3.63) is 53.1 Å². The van der Waals surface area contributed by atoms with E-state index in [1.807, 2.05) is 0 Å². The number of allylic oxidation sites excluding steroid dienone is 4. The zero-order valence-corrected chi connectivity index (χ0v) is 19.6. The molecular weight excluding hydrogens is 366 g/mol. The van der Waals surface area contributed by atoms with Crippen LogP contribution in [0.4, 0.5) is 0 Å². The minimum atomic E-state index is -1.35. The molecule has 0 aliphatic heterocycles. The van der Waals surface area contributed by atoms with Gasteiger partial charge in [-0.2, -0.15) is 0 Å². The molecule has 0 bridgehead atoms. The molecule has 2 aliphatic rings. The Hall–Kier alpha value is 0.305. The number of hydrogen-bond acceptors (Lipinski definition) is 1. The van der Waals surface area contributed by atoms with Crippen molar-refractivity contribution < 1.29 is 39.1 Å². The maximum atomic E-state index is 2.88. The molecule has 4 heteroatoms. The Bertz CT molecular complexity index is 622. The van der Waals surface area contributed by atoms with Crippen LogP contribution in [0.1, 0.15) is 40.5 Å². The Balaban J connectivity index is 0.00000192. The van der Waals surface area contributed by atoms with Gasteiger partial charge in [-0.3, -0.25) is 0 Å². The Morgan fingerprint density at radius 3 is 2.22 bits per heavy atom. The van der Waals surface area contributed by atoms with Gasteiger partial charge in [-0.1, -0.05) is 0 Å². The molecule has 0 heterocycles. The van der Waals surface area contributed by atoms with Gasteiger partial charge in [0.2, 0.25) is 0 Å². The summed E-state index contributed by atoms with van der Waals surface area (Å²) < 4.78 is 3.26. The molecule has 1 nitrogen and oxygen atoms in total. The summed E-state index contributed by atoms with van der Waals surface area (Å²) in [5.74, 6) is 0. The summed E-state index contributed by atoms with van der Waals surface area (Å²) in [4.78, 5) is 0. The second kappa shape index (κ2) is 7.68. The molecule has 1 atom stereocenters. The van der Waals surface area contributed by atoms with Crippen LogP contribution >= 0.6 is 0 Å². The van der Waals surface area contributed by atoms with Crippen LogP contribution in [0.15, 0.2) is 53.1 Å². The molecule has 0 spiro atoms. The Morgan fingerprint density at radius 2 is 1.74 bits per heavy atom. The maximum Gasteiger partial charge on any atom is 0 e. The molecule has 3 rings (SSSR count). The first kappa shape index (κ1) is 19.6. The quantitative estimate of drug-likeness (QED) is 0.692. The third-order valence-corrected chi connectivity index (χ3v) is 20.1. The molecule has 0 amide bonds. The van der Waals surface area contributed by atoms with Crippen molar-refractivity contribution in [3.63, 3.8) is 0 Å². The fraction of sp³-hybridized carbons (Fsp3) is 0.474. The number of benzene rings is 1. The molecule has 1 fully saturated rings. The predicted molar refractivity (Wildman–Crippen MR) is 95.9 cm³/mol. The number of rotatable bonds is 5. The summed E-state index contributed by atoms with van der Waals surface area (Å²) in [6, 6.07) is 12.2. The van der Waals surface area contributed by atoms with E-state index >= 15 is 0 Å². The average Bonchev–Trinajstić information content (AvgIpc) is 3.33. The van der Waals surface area contributed by atoms with E-state index in [0.717, 1.165) is 6.04 Å². The van der Waals surface area contributed by atoms with Gasteiger partial charge in [-0.25, -0.2) is 0 Å². The first-order valence-electron chi connectivity index (χ1n) is 8.44. The van der Waals surface area contributed by atoms with Gasteiger partial charge in [0.05, 0.1) is 0 Å². The van der Waals surface area contributed by atoms with Gasteiger partial charge in [-0.15, -0.1) is 0 Å². The van der Waals surface area contributed by atoms with Crippen LogP contribution in [0.5, 0.6) is 0 Å². The van der Waals surface area contributed by atoms with Crippen molar-refractivity contribution in [1.82, 2.24) is 3.38 Å². The smallest absolute Gasteiger partial charge is 0 e. The summed E-state index contributed by atoms with van der Waals surface area (Å²) in [7, 11) is 2.25. The Labute approximate surface area is 164 Å². The molecule has 121 valence electrons. The summed E-state index contributed by atoms with van der Waals surface area (Å²) in [5.41, 5.74) is 4.74. The van der Waals surface area contributed by atoms with Crippen molar-refractivity contribution in [3.8, 4) is 0 Å². The first-order chi connectivity index (χ1) is 10.4. The molecule has 0 saturated heterocycles. The molecule has 1 aromatic carbocycles. The number of hydrogen-bond donors (Lipinski definition) is 0. The van der Waals surface area contributed by atoms with E-state index in [1.54, 1.807) is 16.3 Å². The zero-order valence-electron chi connectivity index (χ0n) is 15.1. The van der Waals surface area contributed by atoms with E-state index in [4.69, 9.17) is 0 Å². The molecule has 1 aromatic rings. The van der Waals surface area contributed by atoms with E-state index in [0.29, 0.717) is 3.72 Å². The van der Waals surface area contributed by atoms with Crippen LogP contribution < -0.4 is 5.19 Å². The van der Waals surface area contributed by atoms with Gasteiger partial charge < -0.3 is 0 Å². The van der Waals surface area contributed by atoms with Gasteiger partial charge in [0.1, 0.15) is 0 Å². The largest absolute Gasteiger partial charge is 0 e. The minimum absolute atomic E-state index is 0. The second-order valence-corrected chi connectivity index (χ2v) is 16.9. The third kappa shape index (κ3) is 3.94. The average molecular weight is 394 g/mol. The SMILES string of the molecule is CC1=C[C](C)([Ti]([SiH2]c2ccccc2)[N](C)C2CC2)C(C)=C1C.[Ti]. The fourth-order valence-electron chi connectivity index (χ4n) is 3.78. The number of nitrogens with zero attached hydrogens (tertiary/aromatic N) is 1. The summed E-state index contributed by atoms with van der Waals surface area (Å²) >= 11 is -1.35. The van der Waals surface area contributed by atoms with Crippen LogP contribution in [0.2, 0.25) is 3.72 Å². The maximum absolute atomic E-state index is 2.88. The molecule has 0 radical (unpaired) electrons. The van der Waals surface area contributed by atoms with Crippen molar-refractivity contribution >= 4 is 12.6 Å². The van der Waals surface area contributed by atoms with E-state index in [-0.39, 0.29) is 29.1 Å². The van der Waals surface area contributed by atoms with Crippen LogP contribution in [-0.4, -0.2) is 23.9 Å². The fourth-order valence-corrected chi connectivity index (χ4v) is 17.5. The van der Waals surface area contributed by atoms with Crippen molar-refractivity contribution in [2.24, 2.45) is 0 Å². The summed E-state index contributed by atoms with van der Waals surface area (Å²) in [6.45, 7) is 9.58. The molecule has 1 unspecified atom stereocenters. The van der Waals surface area contributed by atoms with E-state index < -0.39 is 17.4 Å². The van der Waals surface area contributed by atoms with Gasteiger partial charge in [0.15, 0.2) is 0 Å². The van der Waals surface area contributed by atoms with Crippen molar-refractivity contribution in [1.29, 1.82) is 0 Å². The zero-order chi connectivity index (χ0) is 15.9. The van der Waals surface area contributed by atoms with Crippen LogP contribution in [0.3, 0.4) is 0 Å². The van der Waals surface area contributed by atoms with E-state index in [9.17, 15) is 0 Å². The monoisotopic (exact) mass is 394 g/mol. The first-order valence-corrected chi connectivity index (χ1v) is 14.6. The second-order valence-electron chi connectivity index (χ2n) is 7.23. The minimum Gasteiger partial charge on any atom is 0 e. The van der Waals surface area contributed by atoms with Crippen molar-refractivity contribution in [2.75, 3.05) is 7.05 Å². The van der Waals surface area contributed by atoms with Gasteiger partial charge in [-0.05, 0) is 0 Å². The predicted octanol–water partition coefficient (Wildman–Crippen LogP) is 3.50. The molecular formula is C19H28NSiTi2. The molecule has 1 saturated carbocycles. The topological polar surface area (TPSA) is 3.24 Å². The van der Waals surface area contributed by atoms with Gasteiger partial charge in [0, 0.05) is 21.7 Å². The molecule has 0 N–H and O–H groups in total. The summed E-state index contributed by atoms with van der Waals surface area (Å²) in [6.07, 6.45) is 5.48. The normalized spacial score (nSPS) is 24.3. The van der Waals surface area contributed by atoms with Gasteiger partial charge >= 0.3 is 144 Å². The molecule has 23 heavy (non-hydrogen) atoms. The third-order valence-electron chi connectivity index (χ3n) is 5.77.